The van der Waals surface area contributed by atoms with E-state index in [1.165, 1.54) is 12.0 Å². The Bertz CT molecular complexity index is 534. The highest BCUT2D eigenvalue weighted by Gasteiger charge is 2.07. The number of rotatable bonds is 6. The van der Waals surface area contributed by atoms with Crippen LogP contribution >= 0.6 is 11.3 Å². The molecule has 130 valence electrons. The van der Waals surface area contributed by atoms with Gasteiger partial charge in [-0.2, -0.15) is 0 Å². The van der Waals surface area contributed by atoms with E-state index < -0.39 is 6.10 Å². The molecule has 1 aromatic rings. The summed E-state index contributed by atoms with van der Waals surface area (Å²) in [5, 5.41) is 13.0. The quantitative estimate of drug-likeness (QED) is 0.630. The molecule has 1 N–H and O–H groups in total. The van der Waals surface area contributed by atoms with Crippen molar-refractivity contribution < 1.29 is 5.11 Å². The molecule has 1 rings (SSSR count). The van der Waals surface area contributed by atoms with Crippen LogP contribution in [0.2, 0.25) is 0 Å². The Hall–Kier alpha value is -1.19. The van der Waals surface area contributed by atoms with Crippen molar-refractivity contribution in [1.29, 1.82) is 0 Å². The lowest BCUT2D eigenvalue weighted by molar-refractivity contribution is 0.215. The summed E-state index contributed by atoms with van der Waals surface area (Å²) < 4.78 is 0. The van der Waals surface area contributed by atoms with E-state index in [1.807, 2.05) is 51.3 Å². The van der Waals surface area contributed by atoms with Gasteiger partial charge in [0.05, 0.1) is 16.8 Å². The molecule has 23 heavy (non-hydrogen) atoms. The van der Waals surface area contributed by atoms with Gasteiger partial charge in [-0.05, 0) is 57.6 Å². The largest absolute Gasteiger partial charge is 0.388 e. The smallest absolute Gasteiger partial charge is 0.0901 e. The second-order valence-corrected chi connectivity index (χ2v) is 7.82. The van der Waals surface area contributed by atoms with Gasteiger partial charge in [0.15, 0.2) is 0 Å². The molecule has 2 nitrogen and oxygen atoms in total. The first-order chi connectivity index (χ1) is 10.6. The Kier molecular flexibility index (Phi) is 10.0. The van der Waals surface area contributed by atoms with E-state index in [4.69, 9.17) is 0 Å². The van der Waals surface area contributed by atoms with Gasteiger partial charge in [0.2, 0.25) is 0 Å². The van der Waals surface area contributed by atoms with Crippen LogP contribution in [-0.2, 0) is 0 Å². The first-order valence-electron chi connectivity index (χ1n) is 8.16. The van der Waals surface area contributed by atoms with Crippen LogP contribution in [0, 0.1) is 12.3 Å². The number of aliphatic hydroxyl groups is 1. The molecule has 0 radical (unpaired) electrons. The number of aryl methyl sites for hydroxylation is 1. The topological polar surface area (TPSA) is 33.1 Å². The predicted molar refractivity (Wildman–Crippen MR) is 105 cm³/mol. The zero-order valence-electron chi connectivity index (χ0n) is 15.8. The monoisotopic (exact) mass is 335 g/mol. The van der Waals surface area contributed by atoms with Crippen LogP contribution in [0.4, 0.5) is 0 Å². The minimum atomic E-state index is -0.406. The first-order valence-corrected chi connectivity index (χ1v) is 9.04. The average Bonchev–Trinajstić information content (AvgIpc) is 2.90. The van der Waals surface area contributed by atoms with Crippen molar-refractivity contribution in [3.05, 3.63) is 46.0 Å². The minimum Gasteiger partial charge on any atom is -0.388 e. The van der Waals surface area contributed by atoms with E-state index in [9.17, 15) is 5.11 Å². The van der Waals surface area contributed by atoms with Crippen LogP contribution in [-0.4, -0.2) is 16.2 Å². The van der Waals surface area contributed by atoms with E-state index in [2.05, 4.69) is 32.3 Å². The molecular weight excluding hydrogens is 302 g/mol. The Morgan fingerprint density at radius 3 is 2.35 bits per heavy atom. The molecule has 0 saturated carbocycles. The molecule has 0 aliphatic carbocycles. The summed E-state index contributed by atoms with van der Waals surface area (Å²) in [4.78, 5) is 4.34. The first kappa shape index (κ1) is 21.8. The zero-order chi connectivity index (χ0) is 18.0. The summed E-state index contributed by atoms with van der Waals surface area (Å²) in [7, 11) is 0. The molecule has 1 atom stereocenters. The van der Waals surface area contributed by atoms with Gasteiger partial charge in [-0.1, -0.05) is 38.5 Å². The maximum atomic E-state index is 9.90. The van der Waals surface area contributed by atoms with Gasteiger partial charge in [0.1, 0.15) is 0 Å². The van der Waals surface area contributed by atoms with E-state index in [1.54, 1.807) is 11.3 Å². The minimum absolute atomic E-state index is 0.347. The van der Waals surface area contributed by atoms with Crippen molar-refractivity contribution in [3.63, 3.8) is 0 Å². The summed E-state index contributed by atoms with van der Waals surface area (Å²) in [5.74, 6) is 0. The van der Waals surface area contributed by atoms with Gasteiger partial charge in [-0.15, -0.1) is 17.9 Å². The molecule has 0 aromatic carbocycles. The van der Waals surface area contributed by atoms with E-state index >= 15 is 0 Å². The second kappa shape index (κ2) is 10.6. The molecule has 0 aliphatic heterocycles. The normalized spacial score (nSPS) is 13.0. The Balaban J connectivity index is 0.000000585. The molecule has 0 spiro atoms. The molecule has 0 amide bonds. The van der Waals surface area contributed by atoms with Crippen LogP contribution in [0.1, 0.15) is 65.1 Å². The summed E-state index contributed by atoms with van der Waals surface area (Å²) in [6.07, 6.45) is 7.44. The standard InChI is InChI=1S/C13H19NOS.C7H14/c1-9(2)5-6-13(15)10(3)7-12-8-16-11(4)14-12;1-5-7(3,4)6-2/h5,7-8,13,15H,6H2,1-4H3;5H,1,6H2,2-4H3/b10-7+;/t13-;/m0./s1. The highest BCUT2D eigenvalue weighted by atomic mass is 32.1. The molecule has 0 bridgehead atoms. The zero-order valence-corrected chi connectivity index (χ0v) is 16.6. The molecule has 0 saturated heterocycles. The number of allylic oxidation sites excluding steroid dienone is 2. The van der Waals surface area contributed by atoms with E-state index in [0.717, 1.165) is 16.3 Å². The molecule has 1 heterocycles. The molecule has 3 heteroatoms. The molecule has 0 unspecified atom stereocenters. The Labute approximate surface area is 146 Å². The number of thiazole rings is 1. The van der Waals surface area contributed by atoms with Gasteiger partial charge >= 0.3 is 0 Å². The van der Waals surface area contributed by atoms with Crippen molar-refractivity contribution in [2.75, 3.05) is 0 Å². The van der Waals surface area contributed by atoms with Gasteiger partial charge in [0.25, 0.3) is 0 Å². The third kappa shape index (κ3) is 10.2. The van der Waals surface area contributed by atoms with Crippen LogP contribution in [0.25, 0.3) is 6.08 Å². The molecule has 0 aliphatic rings. The summed E-state index contributed by atoms with van der Waals surface area (Å²) in [6.45, 7) is 18.2. The Morgan fingerprint density at radius 2 is 2.00 bits per heavy atom. The van der Waals surface area contributed by atoms with Gasteiger partial charge in [0, 0.05) is 5.38 Å². The Morgan fingerprint density at radius 1 is 1.39 bits per heavy atom. The van der Waals surface area contributed by atoms with E-state index in [-0.39, 0.29) is 0 Å². The lowest BCUT2D eigenvalue weighted by Gasteiger charge is -2.14. The highest BCUT2D eigenvalue weighted by molar-refractivity contribution is 7.09. The van der Waals surface area contributed by atoms with Crippen molar-refractivity contribution in [1.82, 2.24) is 4.98 Å². The third-order valence-corrected chi connectivity index (χ3v) is 4.54. The van der Waals surface area contributed by atoms with E-state index in [0.29, 0.717) is 11.8 Å². The number of nitrogens with zero attached hydrogens (tertiary/aromatic N) is 1. The fourth-order valence-corrected chi connectivity index (χ4v) is 2.02. The number of aliphatic hydroxyl groups excluding tert-OH is 1. The van der Waals surface area contributed by atoms with Gasteiger partial charge in [-0.25, -0.2) is 4.98 Å². The van der Waals surface area contributed by atoms with Crippen molar-refractivity contribution >= 4 is 17.4 Å². The summed E-state index contributed by atoms with van der Waals surface area (Å²) in [6, 6.07) is 0. The fraction of sp³-hybridized carbons (Fsp3) is 0.550. The number of hydrogen-bond acceptors (Lipinski definition) is 3. The highest BCUT2D eigenvalue weighted by Crippen LogP contribution is 2.19. The SMILES string of the molecule is C=CC(C)(C)CC.CC(C)=CC[C@H](O)/C(C)=C/c1csc(C)n1. The van der Waals surface area contributed by atoms with Crippen LogP contribution in [0.5, 0.6) is 0 Å². The maximum Gasteiger partial charge on any atom is 0.0901 e. The van der Waals surface area contributed by atoms with Crippen molar-refractivity contribution in [2.24, 2.45) is 5.41 Å². The lowest BCUT2D eigenvalue weighted by atomic mass is 9.91. The van der Waals surface area contributed by atoms with Crippen LogP contribution in [0.15, 0.2) is 35.3 Å². The molecule has 1 aromatic heterocycles. The number of aromatic nitrogens is 1. The fourth-order valence-electron chi connectivity index (χ4n) is 1.45. The third-order valence-electron chi connectivity index (χ3n) is 3.75. The maximum absolute atomic E-state index is 9.90. The molecule has 0 fully saturated rings. The van der Waals surface area contributed by atoms with Crippen LogP contribution < -0.4 is 0 Å². The van der Waals surface area contributed by atoms with Crippen molar-refractivity contribution in [3.8, 4) is 0 Å². The van der Waals surface area contributed by atoms with Crippen molar-refractivity contribution in [2.45, 2.75) is 67.4 Å². The second-order valence-electron chi connectivity index (χ2n) is 6.76. The number of hydrogen-bond donors (Lipinski definition) is 1. The van der Waals surface area contributed by atoms with Crippen LogP contribution in [0.3, 0.4) is 0 Å². The predicted octanol–water partition coefficient (Wildman–Crippen LogP) is 6.18. The van der Waals surface area contributed by atoms with Gasteiger partial charge < -0.3 is 5.11 Å². The summed E-state index contributed by atoms with van der Waals surface area (Å²) in [5.41, 5.74) is 3.48. The summed E-state index contributed by atoms with van der Waals surface area (Å²) >= 11 is 1.63. The molecular formula is C20H33NOS. The lowest BCUT2D eigenvalue weighted by Crippen LogP contribution is -2.06. The average molecular weight is 336 g/mol. The van der Waals surface area contributed by atoms with Gasteiger partial charge in [-0.3, -0.25) is 0 Å².